The lowest BCUT2D eigenvalue weighted by Gasteiger charge is -2.36. The molecule has 0 aromatic heterocycles. The lowest BCUT2D eigenvalue weighted by molar-refractivity contribution is -0.140. The van der Waals surface area contributed by atoms with Crippen molar-refractivity contribution in [3.63, 3.8) is 0 Å². The summed E-state index contributed by atoms with van der Waals surface area (Å²) >= 11 is 0. The van der Waals surface area contributed by atoms with Gasteiger partial charge < -0.3 is 10.4 Å². The maximum Gasteiger partial charge on any atom is 0.303 e. The Labute approximate surface area is 128 Å². The molecule has 0 aliphatic heterocycles. The third kappa shape index (κ3) is 6.06. The van der Waals surface area contributed by atoms with E-state index in [1.165, 1.54) is 6.42 Å². The number of carbonyl (C=O) groups excluding carboxylic acids is 1. The van der Waals surface area contributed by atoms with Crippen molar-refractivity contribution >= 4 is 11.9 Å². The van der Waals surface area contributed by atoms with Crippen LogP contribution in [0.15, 0.2) is 0 Å². The molecule has 0 bridgehead atoms. The van der Waals surface area contributed by atoms with E-state index in [2.05, 4.69) is 33.0 Å². The summed E-state index contributed by atoms with van der Waals surface area (Å²) in [7, 11) is 0. The average molecular weight is 297 g/mol. The van der Waals surface area contributed by atoms with Crippen molar-refractivity contribution in [3.8, 4) is 0 Å². The van der Waals surface area contributed by atoms with E-state index >= 15 is 0 Å². The molecule has 2 N–H and O–H groups in total. The Balaban J connectivity index is 2.53. The summed E-state index contributed by atoms with van der Waals surface area (Å²) in [5, 5.41) is 12.1. The third-order valence-electron chi connectivity index (χ3n) is 5.07. The second kappa shape index (κ2) is 7.28. The summed E-state index contributed by atoms with van der Waals surface area (Å²) in [5.41, 5.74) is -0.119. The van der Waals surface area contributed by atoms with Gasteiger partial charge in [-0.15, -0.1) is 0 Å². The van der Waals surface area contributed by atoms with Crippen LogP contribution in [0.2, 0.25) is 0 Å². The molecule has 1 aliphatic rings. The Morgan fingerprint density at radius 1 is 1.19 bits per heavy atom. The highest BCUT2D eigenvalue weighted by molar-refractivity contribution is 5.76. The quantitative estimate of drug-likeness (QED) is 0.787. The molecule has 0 radical (unpaired) electrons. The van der Waals surface area contributed by atoms with E-state index in [0.29, 0.717) is 18.9 Å². The third-order valence-corrected chi connectivity index (χ3v) is 5.07. The first-order chi connectivity index (χ1) is 9.65. The Hall–Kier alpha value is -1.06. The maximum atomic E-state index is 12.1. The molecule has 1 atom stereocenters. The number of amides is 1. The summed E-state index contributed by atoms with van der Waals surface area (Å²) in [6.07, 6.45) is 5.82. The van der Waals surface area contributed by atoms with E-state index in [9.17, 15) is 9.59 Å². The second-order valence-corrected chi connectivity index (χ2v) is 7.88. The van der Waals surface area contributed by atoms with Gasteiger partial charge in [-0.05, 0) is 29.6 Å². The minimum Gasteiger partial charge on any atom is -0.481 e. The van der Waals surface area contributed by atoms with Gasteiger partial charge in [0.25, 0.3) is 0 Å². The fourth-order valence-electron chi connectivity index (χ4n) is 2.98. The predicted octanol–water partition coefficient (Wildman–Crippen LogP) is 3.60. The zero-order valence-corrected chi connectivity index (χ0v) is 14.0. The minimum atomic E-state index is -0.755. The van der Waals surface area contributed by atoms with Gasteiger partial charge in [-0.25, -0.2) is 0 Å². The second-order valence-electron chi connectivity index (χ2n) is 7.88. The summed E-state index contributed by atoms with van der Waals surface area (Å²) in [4.78, 5) is 23.2. The molecule has 1 amide bonds. The van der Waals surface area contributed by atoms with Crippen LogP contribution in [-0.2, 0) is 9.59 Å². The number of carboxylic acid groups (broad SMARTS) is 1. The largest absolute Gasteiger partial charge is 0.481 e. The van der Waals surface area contributed by atoms with Crippen LogP contribution in [-0.4, -0.2) is 23.5 Å². The summed E-state index contributed by atoms with van der Waals surface area (Å²) in [6, 6.07) is 0. The Kier molecular flexibility index (Phi) is 6.24. The van der Waals surface area contributed by atoms with Crippen LogP contribution >= 0.6 is 0 Å². The van der Waals surface area contributed by atoms with Crippen molar-refractivity contribution in [1.82, 2.24) is 5.32 Å². The van der Waals surface area contributed by atoms with Gasteiger partial charge in [0.2, 0.25) is 5.91 Å². The van der Waals surface area contributed by atoms with Crippen molar-refractivity contribution in [2.24, 2.45) is 16.7 Å². The number of carboxylic acids is 1. The van der Waals surface area contributed by atoms with E-state index in [4.69, 9.17) is 5.11 Å². The number of rotatable bonds is 6. The van der Waals surface area contributed by atoms with Gasteiger partial charge in [-0.2, -0.15) is 0 Å². The molecule has 1 rings (SSSR count). The lowest BCUT2D eigenvalue weighted by Crippen LogP contribution is -2.41. The number of hydrogen-bond donors (Lipinski definition) is 2. The van der Waals surface area contributed by atoms with E-state index in [0.717, 1.165) is 25.7 Å². The van der Waals surface area contributed by atoms with E-state index in [1.807, 2.05) is 0 Å². The van der Waals surface area contributed by atoms with Crippen LogP contribution in [0.25, 0.3) is 0 Å². The molecule has 122 valence electrons. The van der Waals surface area contributed by atoms with Gasteiger partial charge in [0, 0.05) is 13.0 Å². The highest BCUT2D eigenvalue weighted by atomic mass is 16.4. The smallest absolute Gasteiger partial charge is 0.303 e. The summed E-state index contributed by atoms with van der Waals surface area (Å²) in [6.45, 7) is 9.01. The van der Waals surface area contributed by atoms with Crippen LogP contribution in [0, 0.1) is 16.7 Å². The molecule has 4 nitrogen and oxygen atoms in total. The standard InChI is InChI=1S/C17H31NO3/c1-13(16(2,3)4)10-14(19)18-12-17(11-15(20)21)8-6-5-7-9-17/h13H,5-12H2,1-4H3,(H,18,19)(H,20,21). The number of aliphatic carboxylic acids is 1. The molecule has 0 aromatic rings. The molecular weight excluding hydrogens is 266 g/mol. The minimum absolute atomic E-state index is 0.0489. The molecule has 1 saturated carbocycles. The molecule has 1 aliphatic carbocycles. The van der Waals surface area contributed by atoms with Crippen LogP contribution in [0.3, 0.4) is 0 Å². The first kappa shape index (κ1) is 18.0. The Morgan fingerprint density at radius 3 is 2.24 bits per heavy atom. The Bertz CT molecular complexity index is 365. The normalized spacial score (nSPS) is 19.8. The highest BCUT2D eigenvalue weighted by Gasteiger charge is 2.35. The molecular formula is C17H31NO3. The number of carbonyl (C=O) groups is 2. The molecule has 4 heteroatoms. The van der Waals surface area contributed by atoms with E-state index in [-0.39, 0.29) is 23.2 Å². The highest BCUT2D eigenvalue weighted by Crippen LogP contribution is 2.39. The van der Waals surface area contributed by atoms with Crippen LogP contribution < -0.4 is 5.32 Å². The van der Waals surface area contributed by atoms with Gasteiger partial charge in [0.05, 0.1) is 6.42 Å². The molecule has 21 heavy (non-hydrogen) atoms. The monoisotopic (exact) mass is 297 g/mol. The first-order valence-corrected chi connectivity index (χ1v) is 8.13. The molecule has 0 aromatic carbocycles. The summed E-state index contributed by atoms with van der Waals surface area (Å²) in [5.74, 6) is -0.402. The fourth-order valence-corrected chi connectivity index (χ4v) is 2.98. The zero-order valence-electron chi connectivity index (χ0n) is 14.0. The van der Waals surface area contributed by atoms with Crippen LogP contribution in [0.5, 0.6) is 0 Å². The molecule has 0 saturated heterocycles. The molecule has 1 unspecified atom stereocenters. The zero-order chi connectivity index (χ0) is 16.1. The van der Waals surface area contributed by atoms with Gasteiger partial charge >= 0.3 is 5.97 Å². The Morgan fingerprint density at radius 2 is 1.76 bits per heavy atom. The van der Waals surface area contributed by atoms with Gasteiger partial charge in [0.1, 0.15) is 0 Å². The fraction of sp³-hybridized carbons (Fsp3) is 0.882. The molecule has 0 heterocycles. The van der Waals surface area contributed by atoms with Crippen molar-refractivity contribution in [2.75, 3.05) is 6.54 Å². The average Bonchev–Trinajstić information content (AvgIpc) is 2.35. The lowest BCUT2D eigenvalue weighted by atomic mass is 9.71. The maximum absolute atomic E-state index is 12.1. The topological polar surface area (TPSA) is 66.4 Å². The van der Waals surface area contributed by atoms with Gasteiger partial charge in [0.15, 0.2) is 0 Å². The van der Waals surface area contributed by atoms with Crippen molar-refractivity contribution in [3.05, 3.63) is 0 Å². The summed E-state index contributed by atoms with van der Waals surface area (Å²) < 4.78 is 0. The SMILES string of the molecule is CC(CC(=O)NCC1(CC(=O)O)CCCCC1)C(C)(C)C. The molecule has 1 fully saturated rings. The van der Waals surface area contributed by atoms with Crippen LogP contribution in [0.1, 0.15) is 72.6 Å². The van der Waals surface area contributed by atoms with Crippen molar-refractivity contribution in [1.29, 1.82) is 0 Å². The number of nitrogens with one attached hydrogen (secondary N) is 1. The van der Waals surface area contributed by atoms with E-state index < -0.39 is 5.97 Å². The first-order valence-electron chi connectivity index (χ1n) is 8.13. The van der Waals surface area contributed by atoms with Gasteiger partial charge in [-0.3, -0.25) is 9.59 Å². The van der Waals surface area contributed by atoms with Crippen molar-refractivity contribution < 1.29 is 14.7 Å². The van der Waals surface area contributed by atoms with Crippen LogP contribution in [0.4, 0.5) is 0 Å². The predicted molar refractivity (Wildman–Crippen MR) is 84.0 cm³/mol. The van der Waals surface area contributed by atoms with E-state index in [1.54, 1.807) is 0 Å². The molecule has 0 spiro atoms. The van der Waals surface area contributed by atoms with Gasteiger partial charge in [-0.1, -0.05) is 47.0 Å². The number of hydrogen-bond acceptors (Lipinski definition) is 2. The van der Waals surface area contributed by atoms with Crippen molar-refractivity contribution in [2.45, 2.75) is 72.6 Å².